The molecule has 3 heterocycles. The minimum atomic E-state index is -0.196. The lowest BCUT2D eigenvalue weighted by Gasteiger charge is -2.17. The van der Waals surface area contributed by atoms with E-state index in [1.54, 1.807) is 23.5 Å². The van der Waals surface area contributed by atoms with Crippen molar-refractivity contribution in [3.63, 3.8) is 0 Å². The smallest absolute Gasteiger partial charge is 0.257 e. The van der Waals surface area contributed by atoms with Crippen LogP contribution in [0.1, 0.15) is 16.1 Å². The van der Waals surface area contributed by atoms with Crippen molar-refractivity contribution in [3.05, 3.63) is 53.0 Å². The molecule has 5 rings (SSSR count). The minimum absolute atomic E-state index is 0.196. The fraction of sp³-hybridized carbons (Fsp3) is 0.150. The van der Waals surface area contributed by atoms with Gasteiger partial charge in [0.05, 0.1) is 10.2 Å². The number of nitrogens with zero attached hydrogens (tertiary/aromatic N) is 2. The lowest BCUT2D eigenvalue weighted by molar-refractivity contribution is 0.102. The molecule has 28 heavy (non-hydrogen) atoms. The third kappa shape index (κ3) is 3.21. The molecule has 0 fully saturated rings. The number of anilines is 1. The first-order chi connectivity index (χ1) is 13.7. The van der Waals surface area contributed by atoms with Crippen LogP contribution in [-0.2, 0) is 0 Å². The molecule has 0 spiro atoms. The van der Waals surface area contributed by atoms with Gasteiger partial charge in [0.2, 0.25) is 0 Å². The molecule has 2 aromatic heterocycles. The predicted molar refractivity (Wildman–Crippen MR) is 111 cm³/mol. The van der Waals surface area contributed by atoms with Gasteiger partial charge in [0.15, 0.2) is 16.6 Å². The normalized spacial score (nSPS) is 12.9. The molecule has 1 aliphatic rings. The average molecular weight is 409 g/mol. The molecule has 4 aromatic rings. The Morgan fingerprint density at radius 1 is 1.07 bits per heavy atom. The van der Waals surface area contributed by atoms with Crippen LogP contribution in [0.15, 0.2) is 41.8 Å². The lowest BCUT2D eigenvalue weighted by atomic mass is 10.1. The number of ether oxygens (including phenoxy) is 2. The molecule has 0 radical (unpaired) electrons. The second kappa shape index (κ2) is 6.88. The largest absolute Gasteiger partial charge is 0.486 e. The summed E-state index contributed by atoms with van der Waals surface area (Å²) in [7, 11) is 0. The number of hydrogen-bond donors (Lipinski definition) is 1. The average Bonchev–Trinajstić information content (AvgIpc) is 3.31. The molecule has 0 saturated carbocycles. The summed E-state index contributed by atoms with van der Waals surface area (Å²) in [4.78, 5) is 21.6. The number of aromatic nitrogens is 2. The van der Waals surface area contributed by atoms with Gasteiger partial charge in [0.1, 0.15) is 18.2 Å². The van der Waals surface area contributed by atoms with E-state index in [1.807, 2.05) is 36.6 Å². The van der Waals surface area contributed by atoms with Gasteiger partial charge in [-0.3, -0.25) is 10.1 Å². The number of aryl methyl sites for hydroxylation is 1. The van der Waals surface area contributed by atoms with E-state index in [1.165, 1.54) is 11.3 Å². The molecular weight excluding hydrogens is 394 g/mol. The van der Waals surface area contributed by atoms with E-state index in [-0.39, 0.29) is 5.91 Å². The molecule has 1 aliphatic heterocycles. The fourth-order valence-corrected chi connectivity index (χ4v) is 4.61. The highest BCUT2D eigenvalue weighted by Crippen LogP contribution is 2.38. The number of benzene rings is 2. The van der Waals surface area contributed by atoms with Crippen LogP contribution in [0.25, 0.3) is 20.8 Å². The maximum Gasteiger partial charge on any atom is 0.257 e. The van der Waals surface area contributed by atoms with Gasteiger partial charge in [-0.2, -0.15) is 0 Å². The van der Waals surface area contributed by atoms with Gasteiger partial charge in [0, 0.05) is 34.3 Å². The molecule has 0 bridgehead atoms. The molecule has 6 nitrogen and oxygen atoms in total. The summed E-state index contributed by atoms with van der Waals surface area (Å²) in [5.74, 6) is 1.21. The lowest BCUT2D eigenvalue weighted by Crippen LogP contribution is -2.15. The summed E-state index contributed by atoms with van der Waals surface area (Å²) in [6.07, 6.45) is 0. The Balaban J connectivity index is 1.36. The van der Waals surface area contributed by atoms with E-state index in [0.29, 0.717) is 35.4 Å². The highest BCUT2D eigenvalue weighted by molar-refractivity contribution is 7.22. The van der Waals surface area contributed by atoms with Gasteiger partial charge in [-0.25, -0.2) is 9.97 Å². The van der Waals surface area contributed by atoms with Gasteiger partial charge < -0.3 is 9.47 Å². The highest BCUT2D eigenvalue weighted by atomic mass is 32.1. The zero-order chi connectivity index (χ0) is 19.1. The van der Waals surface area contributed by atoms with Crippen LogP contribution in [-0.4, -0.2) is 29.1 Å². The third-order valence-electron chi connectivity index (χ3n) is 4.29. The zero-order valence-electron chi connectivity index (χ0n) is 14.9. The fourth-order valence-electron chi connectivity index (χ4n) is 2.94. The first-order valence-electron chi connectivity index (χ1n) is 8.70. The number of thiazole rings is 2. The van der Waals surface area contributed by atoms with Crippen LogP contribution < -0.4 is 14.8 Å². The Labute approximate surface area is 168 Å². The SMILES string of the molecule is Cc1csc(-c2ccc(C(=O)Nc3nc4cc5c(cc4s3)OCCO5)cc2)n1. The van der Waals surface area contributed by atoms with Crippen molar-refractivity contribution in [1.82, 2.24) is 9.97 Å². The number of carbonyl (C=O) groups excluding carboxylic acids is 1. The van der Waals surface area contributed by atoms with E-state index in [0.717, 1.165) is 26.5 Å². The van der Waals surface area contributed by atoms with Crippen molar-refractivity contribution in [2.75, 3.05) is 18.5 Å². The Morgan fingerprint density at radius 2 is 1.82 bits per heavy atom. The zero-order valence-corrected chi connectivity index (χ0v) is 16.5. The topological polar surface area (TPSA) is 73.3 Å². The van der Waals surface area contributed by atoms with Crippen molar-refractivity contribution in [3.8, 4) is 22.1 Å². The number of amides is 1. The Morgan fingerprint density at radius 3 is 2.54 bits per heavy atom. The van der Waals surface area contributed by atoms with Crippen LogP contribution >= 0.6 is 22.7 Å². The molecule has 1 amide bonds. The van der Waals surface area contributed by atoms with Gasteiger partial charge >= 0.3 is 0 Å². The summed E-state index contributed by atoms with van der Waals surface area (Å²) in [5.41, 5.74) is 3.34. The van der Waals surface area contributed by atoms with E-state index in [4.69, 9.17) is 9.47 Å². The monoisotopic (exact) mass is 409 g/mol. The van der Waals surface area contributed by atoms with Crippen molar-refractivity contribution in [2.45, 2.75) is 6.92 Å². The molecule has 0 aliphatic carbocycles. The van der Waals surface area contributed by atoms with Gasteiger partial charge in [-0.05, 0) is 19.1 Å². The molecule has 0 saturated heterocycles. The summed E-state index contributed by atoms with van der Waals surface area (Å²) < 4.78 is 12.1. The summed E-state index contributed by atoms with van der Waals surface area (Å²) >= 11 is 3.00. The summed E-state index contributed by atoms with van der Waals surface area (Å²) in [6.45, 7) is 3.04. The molecule has 140 valence electrons. The van der Waals surface area contributed by atoms with Gasteiger partial charge in [-0.1, -0.05) is 23.5 Å². The molecular formula is C20H15N3O3S2. The Hall–Kier alpha value is -2.97. The quantitative estimate of drug-likeness (QED) is 0.528. The van der Waals surface area contributed by atoms with E-state index >= 15 is 0 Å². The second-order valence-corrected chi connectivity index (χ2v) is 8.20. The molecule has 1 N–H and O–H groups in total. The van der Waals surface area contributed by atoms with Crippen LogP contribution in [0.2, 0.25) is 0 Å². The molecule has 0 unspecified atom stereocenters. The maximum absolute atomic E-state index is 12.6. The molecule has 2 aromatic carbocycles. The van der Waals surface area contributed by atoms with Crippen LogP contribution in [0.4, 0.5) is 5.13 Å². The maximum atomic E-state index is 12.6. The van der Waals surface area contributed by atoms with Crippen molar-refractivity contribution < 1.29 is 14.3 Å². The van der Waals surface area contributed by atoms with Crippen molar-refractivity contribution in [1.29, 1.82) is 0 Å². The minimum Gasteiger partial charge on any atom is -0.486 e. The number of carbonyl (C=O) groups is 1. The Bertz CT molecular complexity index is 1140. The van der Waals surface area contributed by atoms with E-state index in [9.17, 15) is 4.79 Å². The Kier molecular flexibility index (Phi) is 4.22. The van der Waals surface area contributed by atoms with Gasteiger partial charge in [0.25, 0.3) is 5.91 Å². The van der Waals surface area contributed by atoms with E-state index < -0.39 is 0 Å². The van der Waals surface area contributed by atoms with E-state index in [2.05, 4.69) is 15.3 Å². The molecule has 0 atom stereocenters. The standard InChI is InChI=1S/C20H15N3O3S2/c1-11-10-27-19(21-11)13-4-2-12(3-5-13)18(24)23-20-22-14-8-15-16(9-17(14)28-20)26-7-6-25-15/h2-5,8-10H,6-7H2,1H3,(H,22,23,24). The number of rotatable bonds is 3. The predicted octanol–water partition coefficient (Wildman–Crippen LogP) is 4.75. The van der Waals surface area contributed by atoms with Crippen molar-refractivity contribution >= 4 is 43.9 Å². The number of fused-ring (bicyclic) bond motifs is 2. The third-order valence-corrected chi connectivity index (χ3v) is 6.23. The van der Waals surface area contributed by atoms with Crippen molar-refractivity contribution in [2.24, 2.45) is 0 Å². The first-order valence-corrected chi connectivity index (χ1v) is 10.4. The van der Waals surface area contributed by atoms with Gasteiger partial charge in [-0.15, -0.1) is 11.3 Å². The summed E-state index contributed by atoms with van der Waals surface area (Å²) in [6, 6.07) is 11.2. The summed E-state index contributed by atoms with van der Waals surface area (Å²) in [5, 5.41) is 6.38. The molecule has 8 heteroatoms. The van der Waals surface area contributed by atoms with Crippen LogP contribution in [0.3, 0.4) is 0 Å². The second-order valence-electron chi connectivity index (χ2n) is 6.31. The van der Waals surface area contributed by atoms with Crippen LogP contribution in [0, 0.1) is 6.92 Å². The van der Waals surface area contributed by atoms with Crippen LogP contribution in [0.5, 0.6) is 11.5 Å². The number of nitrogens with one attached hydrogen (secondary N) is 1. The number of hydrogen-bond acceptors (Lipinski definition) is 7. The highest BCUT2D eigenvalue weighted by Gasteiger charge is 2.16. The first kappa shape index (κ1) is 17.2.